The van der Waals surface area contributed by atoms with Gasteiger partial charge in [-0.3, -0.25) is 0 Å². The van der Waals surface area contributed by atoms with E-state index in [4.69, 9.17) is 18.0 Å². The third-order valence-corrected chi connectivity index (χ3v) is 5.18. The number of nitrogens with two attached hydrogens (primary N) is 1. The second-order valence-corrected chi connectivity index (χ2v) is 7.60. The van der Waals surface area contributed by atoms with Crippen molar-refractivity contribution < 1.29 is 8.42 Å². The molecule has 112 valence electrons. The fraction of sp³-hybridized carbons (Fsp3) is 0.462. The van der Waals surface area contributed by atoms with Crippen molar-refractivity contribution in [2.75, 3.05) is 12.0 Å². The zero-order chi connectivity index (χ0) is 15.2. The Hall–Kier alpha value is -0.630. The lowest BCUT2D eigenvalue weighted by atomic mass is 10.1. The first kappa shape index (κ1) is 17.4. The maximum Gasteiger partial charge on any atom is 0.216 e. The summed E-state index contributed by atoms with van der Waals surface area (Å²) in [6.07, 6.45) is 2.74. The zero-order valence-corrected chi connectivity index (χ0v) is 14.1. The van der Waals surface area contributed by atoms with Crippen molar-refractivity contribution in [3.63, 3.8) is 0 Å². The Labute approximate surface area is 130 Å². The predicted octanol–water partition coefficient (Wildman–Crippen LogP) is 1.88. The smallest absolute Gasteiger partial charge is 0.216 e. The minimum atomic E-state index is -3.33. The largest absolute Gasteiger partial charge is 0.389 e. The summed E-state index contributed by atoms with van der Waals surface area (Å²) in [4.78, 5) is 0.309. The highest BCUT2D eigenvalue weighted by Gasteiger charge is 2.16. The molecule has 1 aromatic rings. The molecule has 0 bridgehead atoms. The Morgan fingerprint density at radius 3 is 2.45 bits per heavy atom. The average molecular weight is 333 g/mol. The molecule has 1 unspecified atom stereocenters. The third kappa shape index (κ3) is 5.78. The number of hydrogen-bond donors (Lipinski definition) is 2. The standard InChI is InChI=1S/C13H20N2O2S3/c1-3-12(8-19-2)15-20(16,17)9-10-4-6-11(7-5-10)13(14)18/h4-7,12,15H,3,8-9H2,1-2H3,(H2,14,18). The van der Waals surface area contributed by atoms with Crippen LogP contribution in [0.3, 0.4) is 0 Å². The van der Waals surface area contributed by atoms with Crippen LogP contribution < -0.4 is 10.5 Å². The molecule has 1 aromatic carbocycles. The summed E-state index contributed by atoms with van der Waals surface area (Å²) < 4.78 is 26.9. The van der Waals surface area contributed by atoms with Gasteiger partial charge in [-0.2, -0.15) is 11.8 Å². The predicted molar refractivity (Wildman–Crippen MR) is 90.5 cm³/mol. The topological polar surface area (TPSA) is 72.2 Å². The number of hydrogen-bond acceptors (Lipinski definition) is 4. The molecule has 0 spiro atoms. The van der Waals surface area contributed by atoms with Crippen LogP contribution in [0.15, 0.2) is 24.3 Å². The molecule has 0 saturated carbocycles. The van der Waals surface area contributed by atoms with Crippen molar-refractivity contribution in [3.05, 3.63) is 35.4 Å². The van der Waals surface area contributed by atoms with Gasteiger partial charge < -0.3 is 5.73 Å². The molecular formula is C13H20N2O2S3. The molecule has 0 amide bonds. The van der Waals surface area contributed by atoms with E-state index in [2.05, 4.69) is 4.72 Å². The van der Waals surface area contributed by atoms with Crippen molar-refractivity contribution in [2.24, 2.45) is 5.73 Å². The van der Waals surface area contributed by atoms with Gasteiger partial charge >= 0.3 is 0 Å². The summed E-state index contributed by atoms with van der Waals surface area (Å²) in [7, 11) is -3.33. The van der Waals surface area contributed by atoms with E-state index >= 15 is 0 Å². The first-order valence-electron chi connectivity index (χ1n) is 6.25. The van der Waals surface area contributed by atoms with E-state index in [1.165, 1.54) is 0 Å². The summed E-state index contributed by atoms with van der Waals surface area (Å²) in [5, 5.41) is 0. The first-order chi connectivity index (χ1) is 9.38. The van der Waals surface area contributed by atoms with Crippen LogP contribution in [0.4, 0.5) is 0 Å². The quantitative estimate of drug-likeness (QED) is 0.711. The molecule has 0 aromatic heterocycles. The maximum atomic E-state index is 12.1. The maximum absolute atomic E-state index is 12.1. The van der Waals surface area contributed by atoms with E-state index in [1.807, 2.05) is 13.2 Å². The Balaban J connectivity index is 2.72. The van der Waals surface area contributed by atoms with E-state index < -0.39 is 10.0 Å². The first-order valence-corrected chi connectivity index (χ1v) is 9.71. The summed E-state index contributed by atoms with van der Waals surface area (Å²) in [6.45, 7) is 1.97. The van der Waals surface area contributed by atoms with Crippen LogP contribution in [0.1, 0.15) is 24.5 Å². The second kappa shape index (κ2) is 7.97. The third-order valence-electron chi connectivity index (χ3n) is 2.80. The van der Waals surface area contributed by atoms with Gasteiger partial charge in [-0.1, -0.05) is 43.4 Å². The summed E-state index contributed by atoms with van der Waals surface area (Å²) in [5.74, 6) is 0.742. The van der Waals surface area contributed by atoms with Crippen LogP contribution in [-0.4, -0.2) is 31.5 Å². The van der Waals surface area contributed by atoms with Crippen molar-refractivity contribution in [1.29, 1.82) is 0 Å². The second-order valence-electron chi connectivity index (χ2n) is 4.50. The normalized spacial score (nSPS) is 13.1. The van der Waals surface area contributed by atoms with Gasteiger partial charge in [-0.05, 0) is 18.2 Å². The molecule has 7 heteroatoms. The van der Waals surface area contributed by atoms with E-state index in [1.54, 1.807) is 36.0 Å². The number of rotatable bonds is 8. The van der Waals surface area contributed by atoms with Gasteiger partial charge in [0.25, 0.3) is 0 Å². The Bertz CT molecular complexity index is 541. The van der Waals surface area contributed by atoms with Crippen LogP contribution in [0.2, 0.25) is 0 Å². The Morgan fingerprint density at radius 2 is 2.00 bits per heavy atom. The van der Waals surface area contributed by atoms with Gasteiger partial charge in [0.05, 0.1) is 5.75 Å². The minimum Gasteiger partial charge on any atom is -0.389 e. The molecule has 1 atom stereocenters. The van der Waals surface area contributed by atoms with Gasteiger partial charge in [-0.15, -0.1) is 0 Å². The van der Waals surface area contributed by atoms with Gasteiger partial charge in [0.1, 0.15) is 4.99 Å². The lowest BCUT2D eigenvalue weighted by molar-refractivity contribution is 0.557. The van der Waals surface area contributed by atoms with Crippen LogP contribution in [-0.2, 0) is 15.8 Å². The van der Waals surface area contributed by atoms with Gasteiger partial charge in [0, 0.05) is 17.4 Å². The number of sulfonamides is 1. The summed E-state index contributed by atoms with van der Waals surface area (Å²) >= 11 is 6.49. The number of benzene rings is 1. The molecule has 3 N–H and O–H groups in total. The van der Waals surface area contributed by atoms with Crippen LogP contribution in [0.5, 0.6) is 0 Å². The molecule has 1 rings (SSSR count). The molecule has 0 fully saturated rings. The van der Waals surface area contributed by atoms with Gasteiger partial charge in [-0.25, -0.2) is 13.1 Å². The van der Waals surface area contributed by atoms with Crippen molar-refractivity contribution in [1.82, 2.24) is 4.72 Å². The van der Waals surface area contributed by atoms with Crippen LogP contribution >= 0.6 is 24.0 Å². The van der Waals surface area contributed by atoms with E-state index in [9.17, 15) is 8.42 Å². The van der Waals surface area contributed by atoms with Crippen LogP contribution in [0.25, 0.3) is 0 Å². The highest BCUT2D eigenvalue weighted by Crippen LogP contribution is 2.10. The highest BCUT2D eigenvalue weighted by molar-refractivity contribution is 7.98. The molecule has 0 heterocycles. The SMILES string of the molecule is CCC(CSC)NS(=O)(=O)Cc1ccc(C(N)=S)cc1. The fourth-order valence-electron chi connectivity index (χ4n) is 1.72. The van der Waals surface area contributed by atoms with E-state index in [0.29, 0.717) is 4.99 Å². The van der Waals surface area contributed by atoms with Gasteiger partial charge in [0.2, 0.25) is 10.0 Å². The van der Waals surface area contributed by atoms with E-state index in [-0.39, 0.29) is 11.8 Å². The summed E-state index contributed by atoms with van der Waals surface area (Å²) in [6, 6.07) is 6.94. The molecule has 0 aliphatic rings. The average Bonchev–Trinajstić information content (AvgIpc) is 2.38. The Kier molecular flexibility index (Phi) is 6.94. The Morgan fingerprint density at radius 1 is 1.40 bits per heavy atom. The van der Waals surface area contributed by atoms with Gasteiger partial charge in [0.15, 0.2) is 0 Å². The number of nitrogens with one attached hydrogen (secondary N) is 1. The van der Waals surface area contributed by atoms with Crippen molar-refractivity contribution in [2.45, 2.75) is 25.1 Å². The zero-order valence-electron chi connectivity index (χ0n) is 11.6. The van der Waals surface area contributed by atoms with Crippen molar-refractivity contribution >= 4 is 39.0 Å². The van der Waals surface area contributed by atoms with Crippen LogP contribution in [0, 0.1) is 0 Å². The monoisotopic (exact) mass is 332 g/mol. The lowest BCUT2D eigenvalue weighted by Crippen LogP contribution is -2.36. The molecule has 4 nitrogen and oxygen atoms in total. The minimum absolute atomic E-state index is 0.0223. The molecule has 0 aliphatic carbocycles. The number of thiocarbonyl (C=S) groups is 1. The molecule has 20 heavy (non-hydrogen) atoms. The molecule has 0 saturated heterocycles. The summed E-state index contributed by atoms with van der Waals surface area (Å²) in [5.41, 5.74) is 6.96. The fourth-order valence-corrected chi connectivity index (χ4v) is 4.15. The molecule has 0 aliphatic heterocycles. The number of thioether (sulfide) groups is 1. The lowest BCUT2D eigenvalue weighted by Gasteiger charge is -2.16. The molecule has 0 radical (unpaired) electrons. The van der Waals surface area contributed by atoms with Crippen molar-refractivity contribution in [3.8, 4) is 0 Å². The highest BCUT2D eigenvalue weighted by atomic mass is 32.2. The molecular weight excluding hydrogens is 312 g/mol. The van der Waals surface area contributed by atoms with E-state index in [0.717, 1.165) is 23.3 Å².